The fraction of sp³-hybridized carbons (Fsp3) is 0.192. The van der Waals surface area contributed by atoms with Gasteiger partial charge in [0.15, 0.2) is 0 Å². The molecule has 0 bridgehead atoms. The highest BCUT2D eigenvalue weighted by molar-refractivity contribution is 9.10. The first-order valence-corrected chi connectivity index (χ1v) is 12.5. The molecule has 190 valence electrons. The van der Waals surface area contributed by atoms with E-state index in [-0.39, 0.29) is 34.4 Å². The molecule has 0 fully saturated rings. The molecule has 0 aliphatic carbocycles. The number of halogens is 3. The number of benzene rings is 3. The van der Waals surface area contributed by atoms with Gasteiger partial charge in [0.1, 0.15) is 18.2 Å². The van der Waals surface area contributed by atoms with Crippen LogP contribution < -0.4 is 10.3 Å². The molecule has 0 radical (unpaired) electrons. The number of hydrogen-bond donors (Lipinski definition) is 0. The summed E-state index contributed by atoms with van der Waals surface area (Å²) in [4.78, 5) is 29.2. The predicted molar refractivity (Wildman–Crippen MR) is 144 cm³/mol. The maximum absolute atomic E-state index is 14.1. The molecule has 11 heteroatoms. The Kier molecular flexibility index (Phi) is 7.99. The third kappa shape index (κ3) is 5.70. The van der Waals surface area contributed by atoms with Gasteiger partial charge in [0.05, 0.1) is 22.0 Å². The molecular formula is C26H21BrClFN4O4. The molecule has 0 unspecified atom stereocenters. The lowest BCUT2D eigenvalue weighted by atomic mass is 10.1. The Morgan fingerprint density at radius 3 is 2.73 bits per heavy atom. The maximum atomic E-state index is 14.1. The molecular weight excluding hydrogens is 567 g/mol. The van der Waals surface area contributed by atoms with E-state index in [1.54, 1.807) is 24.3 Å². The van der Waals surface area contributed by atoms with Gasteiger partial charge in [-0.15, -0.1) is 0 Å². The van der Waals surface area contributed by atoms with E-state index >= 15 is 0 Å². The largest absolute Gasteiger partial charge is 0.481 e. The minimum Gasteiger partial charge on any atom is -0.481 e. The second-order valence-corrected chi connectivity index (χ2v) is 9.63. The van der Waals surface area contributed by atoms with Crippen LogP contribution in [0.15, 0.2) is 69.0 Å². The number of nitro benzene ring substituents is 1. The standard InChI is InChI=1S/C26H21BrClFN4O4/c1-3-15(2)25-31-22-9-8-18(27)11-20(22)26(34)32(25)30-13-17-10-19(28)12-23(33(35)36)24(17)37-14-16-6-4-5-7-21(16)29/h4-13,15H,3,14H2,1-2H3/t15-/m0/s1. The van der Waals surface area contributed by atoms with Crippen molar-refractivity contribution in [3.8, 4) is 5.75 Å². The third-order valence-electron chi connectivity index (χ3n) is 5.79. The Labute approximate surface area is 224 Å². The van der Waals surface area contributed by atoms with E-state index in [4.69, 9.17) is 16.3 Å². The lowest BCUT2D eigenvalue weighted by molar-refractivity contribution is -0.385. The summed E-state index contributed by atoms with van der Waals surface area (Å²) in [6, 6.07) is 13.7. The first-order valence-electron chi connectivity index (χ1n) is 11.3. The van der Waals surface area contributed by atoms with Crippen LogP contribution in [-0.4, -0.2) is 20.8 Å². The van der Waals surface area contributed by atoms with Crippen LogP contribution in [0.3, 0.4) is 0 Å². The first-order chi connectivity index (χ1) is 17.7. The van der Waals surface area contributed by atoms with Crippen LogP contribution in [0.2, 0.25) is 5.02 Å². The van der Waals surface area contributed by atoms with Crippen LogP contribution in [0.1, 0.15) is 43.1 Å². The Morgan fingerprint density at radius 1 is 1.27 bits per heavy atom. The summed E-state index contributed by atoms with van der Waals surface area (Å²) in [6.45, 7) is 3.62. The van der Waals surface area contributed by atoms with Gasteiger partial charge >= 0.3 is 5.69 Å². The zero-order chi connectivity index (χ0) is 26.7. The van der Waals surface area contributed by atoms with Crippen LogP contribution in [0.4, 0.5) is 10.1 Å². The molecule has 0 aliphatic heterocycles. The van der Waals surface area contributed by atoms with E-state index < -0.39 is 22.0 Å². The van der Waals surface area contributed by atoms with Crippen molar-refractivity contribution >= 4 is 50.3 Å². The third-order valence-corrected chi connectivity index (χ3v) is 6.50. The Morgan fingerprint density at radius 2 is 2.03 bits per heavy atom. The van der Waals surface area contributed by atoms with E-state index in [0.29, 0.717) is 27.6 Å². The van der Waals surface area contributed by atoms with Gasteiger partial charge in [0.25, 0.3) is 5.56 Å². The topological polar surface area (TPSA) is 99.6 Å². The number of hydrogen-bond acceptors (Lipinski definition) is 6. The van der Waals surface area contributed by atoms with Crippen molar-refractivity contribution < 1.29 is 14.1 Å². The van der Waals surface area contributed by atoms with Gasteiger partial charge in [0, 0.05) is 32.6 Å². The van der Waals surface area contributed by atoms with Gasteiger partial charge in [-0.25, -0.2) is 9.37 Å². The van der Waals surface area contributed by atoms with Crippen molar-refractivity contribution in [1.29, 1.82) is 0 Å². The SMILES string of the molecule is CC[C@H](C)c1nc2ccc(Br)cc2c(=O)n1N=Cc1cc(Cl)cc([N+](=O)[O-])c1OCc1ccccc1F. The van der Waals surface area contributed by atoms with Gasteiger partial charge in [-0.2, -0.15) is 9.78 Å². The monoisotopic (exact) mass is 586 g/mol. The van der Waals surface area contributed by atoms with Crippen molar-refractivity contribution in [2.24, 2.45) is 5.10 Å². The highest BCUT2D eigenvalue weighted by atomic mass is 79.9. The van der Waals surface area contributed by atoms with Crippen LogP contribution in [0, 0.1) is 15.9 Å². The van der Waals surface area contributed by atoms with Gasteiger partial charge in [-0.1, -0.05) is 59.6 Å². The number of ether oxygens (including phenoxy) is 1. The number of nitro groups is 1. The summed E-state index contributed by atoms with van der Waals surface area (Å²) in [6.07, 6.45) is 1.96. The molecule has 0 spiro atoms. The minimum atomic E-state index is -0.647. The lowest BCUT2D eigenvalue weighted by Crippen LogP contribution is -2.23. The molecule has 1 aromatic heterocycles. The fourth-order valence-electron chi connectivity index (χ4n) is 3.65. The number of aromatic nitrogens is 2. The maximum Gasteiger partial charge on any atom is 0.313 e. The summed E-state index contributed by atoms with van der Waals surface area (Å²) >= 11 is 9.53. The van der Waals surface area contributed by atoms with Gasteiger partial charge in [0.2, 0.25) is 5.75 Å². The number of fused-ring (bicyclic) bond motifs is 1. The van der Waals surface area contributed by atoms with Crippen molar-refractivity contribution in [3.05, 3.63) is 107 Å². The number of nitrogens with zero attached hydrogens (tertiary/aromatic N) is 4. The second-order valence-electron chi connectivity index (χ2n) is 8.28. The zero-order valence-electron chi connectivity index (χ0n) is 19.8. The lowest BCUT2D eigenvalue weighted by Gasteiger charge is -2.14. The molecule has 1 atom stereocenters. The molecule has 0 N–H and O–H groups in total. The summed E-state index contributed by atoms with van der Waals surface area (Å²) in [5, 5.41) is 16.6. The van der Waals surface area contributed by atoms with Crippen molar-refractivity contribution in [3.63, 3.8) is 0 Å². The van der Waals surface area contributed by atoms with Gasteiger partial charge in [-0.05, 0) is 36.8 Å². The summed E-state index contributed by atoms with van der Waals surface area (Å²) in [7, 11) is 0. The highest BCUT2D eigenvalue weighted by Crippen LogP contribution is 2.34. The van der Waals surface area contributed by atoms with Crippen LogP contribution in [0.5, 0.6) is 5.75 Å². The van der Waals surface area contributed by atoms with Crippen molar-refractivity contribution in [2.75, 3.05) is 0 Å². The molecule has 1 heterocycles. The summed E-state index contributed by atoms with van der Waals surface area (Å²) in [5.74, 6) is -0.337. The smallest absolute Gasteiger partial charge is 0.313 e. The Balaban J connectivity index is 1.85. The summed E-state index contributed by atoms with van der Waals surface area (Å²) < 4.78 is 21.7. The van der Waals surface area contributed by atoms with Gasteiger partial charge in [-0.3, -0.25) is 14.9 Å². The average Bonchev–Trinajstić information content (AvgIpc) is 2.87. The molecule has 3 aromatic carbocycles. The normalized spacial score (nSPS) is 12.2. The minimum absolute atomic E-state index is 0.0708. The molecule has 8 nitrogen and oxygen atoms in total. The molecule has 0 saturated carbocycles. The molecule has 37 heavy (non-hydrogen) atoms. The molecule has 0 saturated heterocycles. The summed E-state index contributed by atoms with van der Waals surface area (Å²) in [5.41, 5.74) is 0.0758. The van der Waals surface area contributed by atoms with E-state index in [1.807, 2.05) is 13.8 Å². The first kappa shape index (κ1) is 26.4. The van der Waals surface area contributed by atoms with Crippen LogP contribution in [-0.2, 0) is 6.61 Å². The van der Waals surface area contributed by atoms with E-state index in [1.165, 1.54) is 35.2 Å². The molecule has 4 aromatic rings. The second kappa shape index (κ2) is 11.2. The Hall–Kier alpha value is -3.63. The highest BCUT2D eigenvalue weighted by Gasteiger charge is 2.22. The average molecular weight is 588 g/mol. The molecule has 0 aliphatic rings. The van der Waals surface area contributed by atoms with Crippen LogP contribution in [0.25, 0.3) is 10.9 Å². The van der Waals surface area contributed by atoms with Crippen molar-refractivity contribution in [1.82, 2.24) is 9.66 Å². The van der Waals surface area contributed by atoms with Crippen LogP contribution >= 0.6 is 27.5 Å². The van der Waals surface area contributed by atoms with E-state index in [9.17, 15) is 19.3 Å². The fourth-order valence-corrected chi connectivity index (χ4v) is 4.23. The Bertz CT molecular complexity index is 1590. The predicted octanol–water partition coefficient (Wildman–Crippen LogP) is 6.83. The molecule has 0 amide bonds. The van der Waals surface area contributed by atoms with Crippen molar-refractivity contribution in [2.45, 2.75) is 32.8 Å². The zero-order valence-corrected chi connectivity index (χ0v) is 22.2. The van der Waals surface area contributed by atoms with Gasteiger partial charge < -0.3 is 4.74 Å². The van der Waals surface area contributed by atoms with E-state index in [0.717, 1.165) is 6.07 Å². The number of rotatable bonds is 8. The quantitative estimate of drug-likeness (QED) is 0.128. The van der Waals surface area contributed by atoms with E-state index in [2.05, 4.69) is 26.0 Å². The molecule has 4 rings (SSSR count).